The van der Waals surface area contributed by atoms with E-state index in [9.17, 15) is 14.4 Å². The third-order valence-corrected chi connectivity index (χ3v) is 4.41. The molecule has 11 heteroatoms. The van der Waals surface area contributed by atoms with E-state index in [1.165, 1.54) is 24.3 Å². The molecule has 0 bridgehead atoms. The number of hydrogen-bond acceptors (Lipinski definition) is 7. The average molecular weight is 399 g/mol. The minimum atomic E-state index is -0.869. The molecular formula is C17H11ClN6O4. The van der Waals surface area contributed by atoms with Crippen LogP contribution in [0.1, 0.15) is 30.0 Å². The first-order chi connectivity index (χ1) is 13.5. The molecule has 0 saturated heterocycles. The zero-order valence-corrected chi connectivity index (χ0v) is 14.9. The number of rotatable bonds is 4. The first-order valence-corrected chi connectivity index (χ1v) is 8.55. The van der Waals surface area contributed by atoms with Gasteiger partial charge in [0.05, 0.1) is 10.7 Å². The Kier molecular flexibility index (Phi) is 4.29. The highest BCUT2D eigenvalue weighted by Gasteiger charge is 2.28. The van der Waals surface area contributed by atoms with Gasteiger partial charge >= 0.3 is 5.69 Å². The van der Waals surface area contributed by atoms with Gasteiger partial charge in [0, 0.05) is 11.6 Å². The number of nitrogens with zero attached hydrogens (tertiary/aromatic N) is 4. The largest absolute Gasteiger partial charge is 0.436 e. The highest BCUT2D eigenvalue weighted by molar-refractivity contribution is 6.32. The van der Waals surface area contributed by atoms with Crippen molar-refractivity contribution in [3.8, 4) is 23.4 Å². The lowest BCUT2D eigenvalue weighted by atomic mass is 10.2. The van der Waals surface area contributed by atoms with Crippen LogP contribution in [0.25, 0.3) is 5.69 Å². The summed E-state index contributed by atoms with van der Waals surface area (Å²) in [6.45, 7) is 0. The minimum absolute atomic E-state index is 0.144. The lowest BCUT2D eigenvalue weighted by Crippen LogP contribution is -2.33. The predicted octanol–water partition coefficient (Wildman–Crippen LogP) is 1.20. The van der Waals surface area contributed by atoms with Crippen LogP contribution < -0.4 is 21.5 Å². The van der Waals surface area contributed by atoms with Gasteiger partial charge in [0.2, 0.25) is 11.6 Å². The summed E-state index contributed by atoms with van der Waals surface area (Å²) < 4.78 is 6.60. The molecule has 1 aliphatic carbocycles. The summed E-state index contributed by atoms with van der Waals surface area (Å²) in [5.41, 5.74) is -1.51. The summed E-state index contributed by atoms with van der Waals surface area (Å²) in [4.78, 5) is 37.0. The Labute approximate surface area is 161 Å². The van der Waals surface area contributed by atoms with E-state index < -0.39 is 16.9 Å². The zero-order chi connectivity index (χ0) is 19.8. The SMILES string of the molecule is N#Cc1nn(-c2ccc(Oc3n[nH]c(=O)cc3C3CC3)c(Cl)c2)c(=O)[nH]c1=O. The molecule has 0 amide bonds. The van der Waals surface area contributed by atoms with Gasteiger partial charge in [-0.05, 0) is 37.0 Å². The summed E-state index contributed by atoms with van der Waals surface area (Å²) in [6, 6.07) is 7.44. The van der Waals surface area contributed by atoms with Crippen molar-refractivity contribution in [2.24, 2.45) is 0 Å². The number of halogens is 1. The van der Waals surface area contributed by atoms with Gasteiger partial charge in [-0.2, -0.15) is 9.94 Å². The van der Waals surface area contributed by atoms with Crippen LogP contribution in [0.4, 0.5) is 0 Å². The van der Waals surface area contributed by atoms with Crippen LogP contribution in [-0.2, 0) is 0 Å². The number of nitrogens with one attached hydrogen (secondary N) is 2. The average Bonchev–Trinajstić information content (AvgIpc) is 3.50. The second-order valence-electron chi connectivity index (χ2n) is 6.12. The fourth-order valence-corrected chi connectivity index (χ4v) is 2.84. The Morgan fingerprint density at radius 2 is 2.04 bits per heavy atom. The second-order valence-corrected chi connectivity index (χ2v) is 6.52. The molecule has 28 heavy (non-hydrogen) atoms. The van der Waals surface area contributed by atoms with Crippen molar-refractivity contribution in [1.82, 2.24) is 25.0 Å². The molecule has 0 radical (unpaired) electrons. The molecule has 2 N–H and O–H groups in total. The van der Waals surface area contributed by atoms with Crippen LogP contribution in [0.2, 0.25) is 5.02 Å². The van der Waals surface area contributed by atoms with E-state index in [1.807, 2.05) is 4.98 Å². The summed E-state index contributed by atoms with van der Waals surface area (Å²) >= 11 is 6.26. The molecule has 4 rings (SSSR count). The van der Waals surface area contributed by atoms with Gasteiger partial charge in [-0.3, -0.25) is 14.6 Å². The van der Waals surface area contributed by atoms with E-state index in [1.54, 1.807) is 6.07 Å². The van der Waals surface area contributed by atoms with Gasteiger partial charge in [-0.1, -0.05) is 11.6 Å². The molecule has 1 saturated carbocycles. The smallest absolute Gasteiger partial charge is 0.349 e. The zero-order valence-electron chi connectivity index (χ0n) is 14.1. The molecule has 0 atom stereocenters. The van der Waals surface area contributed by atoms with Crippen LogP contribution >= 0.6 is 11.6 Å². The number of benzene rings is 1. The quantitative estimate of drug-likeness (QED) is 0.671. The van der Waals surface area contributed by atoms with E-state index in [2.05, 4.69) is 15.3 Å². The first kappa shape index (κ1) is 17.7. The van der Waals surface area contributed by atoms with Crippen molar-refractivity contribution in [2.75, 3.05) is 0 Å². The van der Waals surface area contributed by atoms with E-state index in [4.69, 9.17) is 21.6 Å². The number of H-pyrrole nitrogens is 2. The normalized spacial score (nSPS) is 13.1. The van der Waals surface area contributed by atoms with Crippen molar-refractivity contribution < 1.29 is 4.74 Å². The van der Waals surface area contributed by atoms with Crippen molar-refractivity contribution in [2.45, 2.75) is 18.8 Å². The van der Waals surface area contributed by atoms with Crippen molar-refractivity contribution in [1.29, 1.82) is 5.26 Å². The van der Waals surface area contributed by atoms with E-state index >= 15 is 0 Å². The van der Waals surface area contributed by atoms with Crippen LogP contribution in [0.15, 0.2) is 38.6 Å². The minimum Gasteiger partial charge on any atom is -0.436 e. The first-order valence-electron chi connectivity index (χ1n) is 8.17. The highest BCUT2D eigenvalue weighted by Crippen LogP contribution is 2.44. The third-order valence-electron chi connectivity index (χ3n) is 4.12. The van der Waals surface area contributed by atoms with Crippen LogP contribution in [0.3, 0.4) is 0 Å². The summed E-state index contributed by atoms with van der Waals surface area (Å²) in [5, 5.41) is 19.0. The number of aromatic amines is 2. The molecule has 10 nitrogen and oxygen atoms in total. The van der Waals surface area contributed by atoms with E-state index in [-0.39, 0.29) is 33.8 Å². The molecule has 0 aliphatic heterocycles. The van der Waals surface area contributed by atoms with E-state index in [0.717, 1.165) is 17.5 Å². The van der Waals surface area contributed by atoms with Crippen LogP contribution in [-0.4, -0.2) is 25.0 Å². The molecule has 1 aromatic carbocycles. The fourth-order valence-electron chi connectivity index (χ4n) is 2.63. The van der Waals surface area contributed by atoms with Crippen LogP contribution in [0, 0.1) is 11.3 Å². The third kappa shape index (κ3) is 3.30. The van der Waals surface area contributed by atoms with Gasteiger partial charge in [0.15, 0.2) is 0 Å². The molecule has 2 heterocycles. The Morgan fingerprint density at radius 3 is 2.71 bits per heavy atom. The summed E-state index contributed by atoms with van der Waals surface area (Å²) in [6.07, 6.45) is 1.91. The number of nitriles is 1. The topological polar surface area (TPSA) is 147 Å². The lowest BCUT2D eigenvalue weighted by Gasteiger charge is -2.11. The van der Waals surface area contributed by atoms with Crippen LogP contribution in [0.5, 0.6) is 11.6 Å². The Bertz CT molecular complexity index is 1300. The molecular weight excluding hydrogens is 388 g/mol. The van der Waals surface area contributed by atoms with Crippen molar-refractivity contribution in [3.05, 3.63) is 71.7 Å². The molecule has 1 fully saturated rings. The number of ether oxygens (including phenoxy) is 1. The van der Waals surface area contributed by atoms with E-state index in [0.29, 0.717) is 5.56 Å². The Hall–Kier alpha value is -3.71. The Morgan fingerprint density at radius 1 is 1.25 bits per heavy atom. The monoisotopic (exact) mass is 398 g/mol. The molecule has 1 aliphatic rings. The molecule has 140 valence electrons. The van der Waals surface area contributed by atoms with Gasteiger partial charge in [-0.15, -0.1) is 10.2 Å². The van der Waals surface area contributed by atoms with Crippen molar-refractivity contribution in [3.63, 3.8) is 0 Å². The van der Waals surface area contributed by atoms with Crippen molar-refractivity contribution >= 4 is 11.6 Å². The predicted molar refractivity (Wildman–Crippen MR) is 97.1 cm³/mol. The standard InChI is InChI=1S/C17H11ClN6O4/c18-11-5-9(24-17(27)20-15(26)12(7-19)23-24)3-4-13(11)28-16-10(8-1-2-8)6-14(25)21-22-16/h3-6,8H,1-2H2,(H,21,25)(H,20,26,27). The molecule has 0 spiro atoms. The fraction of sp³-hybridized carbons (Fsp3) is 0.176. The molecule has 3 aromatic rings. The summed E-state index contributed by atoms with van der Waals surface area (Å²) in [5.74, 6) is 0.740. The lowest BCUT2D eigenvalue weighted by molar-refractivity contribution is 0.447. The Balaban J connectivity index is 1.71. The molecule has 0 unspecified atom stereocenters. The second kappa shape index (κ2) is 6.79. The number of aromatic nitrogens is 5. The van der Waals surface area contributed by atoms with Gasteiger partial charge in [0.1, 0.15) is 11.8 Å². The highest BCUT2D eigenvalue weighted by atomic mass is 35.5. The van der Waals surface area contributed by atoms with Gasteiger partial charge < -0.3 is 4.74 Å². The summed E-state index contributed by atoms with van der Waals surface area (Å²) in [7, 11) is 0. The number of hydrogen-bond donors (Lipinski definition) is 2. The maximum atomic E-state index is 12.0. The van der Waals surface area contributed by atoms with Gasteiger partial charge in [0.25, 0.3) is 11.1 Å². The van der Waals surface area contributed by atoms with Gasteiger partial charge in [-0.25, -0.2) is 9.89 Å². The molecule has 2 aromatic heterocycles. The maximum absolute atomic E-state index is 12.0. The maximum Gasteiger partial charge on any atom is 0.349 e.